The highest BCUT2D eigenvalue weighted by atomic mass is 32.1. The van der Waals surface area contributed by atoms with Crippen LogP contribution in [-0.2, 0) is 26.1 Å². The maximum Gasteiger partial charge on any atom is 0.274 e. The fourth-order valence-corrected chi connectivity index (χ4v) is 5.12. The molecule has 2 aliphatic rings. The fourth-order valence-electron chi connectivity index (χ4n) is 4.57. The first-order valence-electron chi connectivity index (χ1n) is 11.7. The molecule has 35 heavy (non-hydrogen) atoms. The van der Waals surface area contributed by atoms with Gasteiger partial charge in [0.15, 0.2) is 17.2 Å². The summed E-state index contributed by atoms with van der Waals surface area (Å²) in [7, 11) is 4.84. The Morgan fingerprint density at radius 3 is 2.74 bits per heavy atom. The molecule has 0 saturated heterocycles. The van der Waals surface area contributed by atoms with Crippen molar-refractivity contribution in [1.82, 2.24) is 24.6 Å². The van der Waals surface area contributed by atoms with Crippen LogP contribution in [0.1, 0.15) is 50.6 Å². The van der Waals surface area contributed by atoms with Crippen LogP contribution in [0.15, 0.2) is 29.1 Å². The highest BCUT2D eigenvalue weighted by Gasteiger charge is 2.34. The van der Waals surface area contributed by atoms with Gasteiger partial charge in [-0.25, -0.2) is 4.98 Å². The zero-order chi connectivity index (χ0) is 24.5. The Labute approximate surface area is 208 Å². The second kappa shape index (κ2) is 9.69. The summed E-state index contributed by atoms with van der Waals surface area (Å²) in [5.41, 5.74) is 5.36. The van der Waals surface area contributed by atoms with E-state index in [2.05, 4.69) is 4.98 Å². The number of aromatic nitrogens is 3. The number of hydrogen-bond acceptors (Lipinski definition) is 7. The van der Waals surface area contributed by atoms with E-state index in [0.717, 1.165) is 23.5 Å². The first kappa shape index (κ1) is 23.3. The highest BCUT2D eigenvalue weighted by Crippen LogP contribution is 2.35. The molecule has 1 saturated carbocycles. The number of carbonyl (C=O) groups is 2. The quantitative estimate of drug-likeness (QED) is 0.477. The first-order valence-corrected chi connectivity index (χ1v) is 12.7. The summed E-state index contributed by atoms with van der Waals surface area (Å²) in [6.07, 6.45) is 3.04. The molecular formula is C25H29N5O4S. The molecule has 1 aliphatic heterocycles. The molecule has 2 aromatic heterocycles. The fraction of sp³-hybridized carbons (Fsp3) is 0.440. The molecule has 1 aromatic carbocycles. The average Bonchev–Trinajstić information content (AvgIpc) is 3.42. The standard InChI is InChI=1S/C25H29N5O4S/c1-28(12-17-14-35-15-26-17)25(32)22-19-13-29(10-9-20(19)30(27-22)11-16-7-8-16)24(31)18-5-4-6-21(33-2)23(18)34-3/h4-6,14-16H,7-13H2,1-3H3. The maximum atomic E-state index is 13.5. The molecular weight excluding hydrogens is 466 g/mol. The normalized spacial score (nSPS) is 15.0. The molecule has 184 valence electrons. The van der Waals surface area contributed by atoms with Gasteiger partial charge in [-0.15, -0.1) is 11.3 Å². The number of nitrogens with zero attached hydrogens (tertiary/aromatic N) is 5. The van der Waals surface area contributed by atoms with Gasteiger partial charge < -0.3 is 19.3 Å². The summed E-state index contributed by atoms with van der Waals surface area (Å²) in [6.45, 7) is 2.11. The van der Waals surface area contributed by atoms with Gasteiger partial charge >= 0.3 is 0 Å². The lowest BCUT2D eigenvalue weighted by molar-refractivity contribution is 0.0717. The minimum Gasteiger partial charge on any atom is -0.493 e. The van der Waals surface area contributed by atoms with Crippen molar-refractivity contribution >= 4 is 23.2 Å². The Morgan fingerprint density at radius 1 is 1.23 bits per heavy atom. The number of para-hydroxylation sites is 1. The van der Waals surface area contributed by atoms with Crippen LogP contribution < -0.4 is 9.47 Å². The molecule has 0 radical (unpaired) electrons. The molecule has 9 nitrogen and oxygen atoms in total. The number of hydrogen-bond donors (Lipinski definition) is 0. The van der Waals surface area contributed by atoms with Crippen molar-refractivity contribution in [2.45, 2.75) is 38.9 Å². The second-order valence-corrected chi connectivity index (χ2v) is 9.78. The molecule has 5 rings (SSSR count). The van der Waals surface area contributed by atoms with E-state index in [1.54, 1.807) is 47.7 Å². The van der Waals surface area contributed by atoms with Gasteiger partial charge in [0.2, 0.25) is 0 Å². The van der Waals surface area contributed by atoms with Crippen molar-refractivity contribution in [3.05, 3.63) is 57.3 Å². The van der Waals surface area contributed by atoms with E-state index in [1.165, 1.54) is 31.3 Å². The van der Waals surface area contributed by atoms with Crippen LogP contribution in [0, 0.1) is 5.92 Å². The molecule has 1 fully saturated rings. The topological polar surface area (TPSA) is 89.8 Å². The van der Waals surface area contributed by atoms with Gasteiger partial charge in [0.25, 0.3) is 11.8 Å². The molecule has 3 heterocycles. The number of methoxy groups -OCH3 is 2. The monoisotopic (exact) mass is 495 g/mol. The van der Waals surface area contributed by atoms with Crippen molar-refractivity contribution in [3.8, 4) is 11.5 Å². The van der Waals surface area contributed by atoms with Crippen LogP contribution in [0.5, 0.6) is 11.5 Å². The molecule has 2 amide bonds. The van der Waals surface area contributed by atoms with E-state index < -0.39 is 0 Å². The number of thiazole rings is 1. The number of fused-ring (bicyclic) bond motifs is 1. The number of benzene rings is 1. The van der Waals surface area contributed by atoms with Crippen molar-refractivity contribution in [3.63, 3.8) is 0 Å². The number of carbonyl (C=O) groups excluding carboxylic acids is 2. The van der Waals surface area contributed by atoms with Crippen molar-refractivity contribution < 1.29 is 19.1 Å². The van der Waals surface area contributed by atoms with Gasteiger partial charge in [-0.3, -0.25) is 14.3 Å². The summed E-state index contributed by atoms with van der Waals surface area (Å²) >= 11 is 1.50. The van der Waals surface area contributed by atoms with E-state index in [9.17, 15) is 9.59 Å². The van der Waals surface area contributed by atoms with Crippen LogP contribution in [0.3, 0.4) is 0 Å². The minimum atomic E-state index is -0.157. The second-order valence-electron chi connectivity index (χ2n) is 9.06. The summed E-state index contributed by atoms with van der Waals surface area (Å²) < 4.78 is 12.9. The van der Waals surface area contributed by atoms with E-state index in [4.69, 9.17) is 14.6 Å². The number of amides is 2. The van der Waals surface area contributed by atoms with Gasteiger partial charge in [-0.2, -0.15) is 5.10 Å². The van der Waals surface area contributed by atoms with E-state index in [0.29, 0.717) is 54.7 Å². The van der Waals surface area contributed by atoms with Crippen molar-refractivity contribution in [2.24, 2.45) is 5.92 Å². The summed E-state index contributed by atoms with van der Waals surface area (Å²) in [6, 6.07) is 5.28. The Bertz CT molecular complexity index is 1230. The SMILES string of the molecule is COc1cccc(C(=O)N2CCc3c(c(C(=O)N(C)Cc4cscn4)nn3CC3CC3)C2)c1OC. The van der Waals surface area contributed by atoms with Crippen molar-refractivity contribution in [1.29, 1.82) is 0 Å². The van der Waals surface area contributed by atoms with E-state index in [1.807, 2.05) is 10.1 Å². The molecule has 0 atom stereocenters. The van der Waals surface area contributed by atoms with Gasteiger partial charge in [0.1, 0.15) is 0 Å². The lowest BCUT2D eigenvalue weighted by atomic mass is 10.0. The maximum absolute atomic E-state index is 13.5. The molecule has 1 aliphatic carbocycles. The van der Waals surface area contributed by atoms with Gasteiger partial charge in [0.05, 0.1) is 44.1 Å². The Kier molecular flexibility index (Phi) is 6.46. The lowest BCUT2D eigenvalue weighted by Crippen LogP contribution is -2.37. The lowest BCUT2D eigenvalue weighted by Gasteiger charge is -2.29. The van der Waals surface area contributed by atoms with Gasteiger partial charge in [-0.05, 0) is 30.9 Å². The third kappa shape index (κ3) is 4.62. The Morgan fingerprint density at radius 2 is 2.06 bits per heavy atom. The highest BCUT2D eigenvalue weighted by molar-refractivity contribution is 7.07. The van der Waals surface area contributed by atoms with E-state index in [-0.39, 0.29) is 11.8 Å². The summed E-state index contributed by atoms with van der Waals surface area (Å²) in [5, 5.41) is 6.71. The third-order valence-corrected chi connectivity index (χ3v) is 7.25. The molecule has 0 spiro atoms. The van der Waals surface area contributed by atoms with E-state index >= 15 is 0 Å². The average molecular weight is 496 g/mol. The molecule has 0 bridgehead atoms. The molecule has 10 heteroatoms. The Balaban J connectivity index is 1.44. The van der Waals surface area contributed by atoms with Crippen molar-refractivity contribution in [2.75, 3.05) is 27.8 Å². The van der Waals surface area contributed by atoms with Crippen LogP contribution in [0.4, 0.5) is 0 Å². The summed E-state index contributed by atoms with van der Waals surface area (Å²) in [5.74, 6) is 1.23. The largest absolute Gasteiger partial charge is 0.493 e. The van der Waals surface area contributed by atoms with Gasteiger partial charge in [-0.1, -0.05) is 6.07 Å². The predicted octanol–water partition coefficient (Wildman–Crippen LogP) is 3.24. The minimum absolute atomic E-state index is 0.156. The Hall–Kier alpha value is -3.40. The predicted molar refractivity (Wildman–Crippen MR) is 131 cm³/mol. The number of rotatable bonds is 8. The number of ether oxygens (including phenoxy) is 2. The molecule has 0 unspecified atom stereocenters. The van der Waals surface area contributed by atoms with Crippen LogP contribution in [0.25, 0.3) is 0 Å². The van der Waals surface area contributed by atoms with Crippen LogP contribution >= 0.6 is 11.3 Å². The first-order chi connectivity index (χ1) is 17.0. The zero-order valence-corrected chi connectivity index (χ0v) is 21.0. The smallest absolute Gasteiger partial charge is 0.274 e. The van der Waals surface area contributed by atoms with Crippen LogP contribution in [0.2, 0.25) is 0 Å². The summed E-state index contributed by atoms with van der Waals surface area (Å²) in [4.78, 5) is 34.7. The zero-order valence-electron chi connectivity index (χ0n) is 20.2. The third-order valence-electron chi connectivity index (χ3n) is 6.61. The van der Waals surface area contributed by atoms with Crippen LogP contribution in [-0.4, -0.2) is 64.2 Å². The van der Waals surface area contributed by atoms with Gasteiger partial charge in [0, 0.05) is 43.2 Å². The molecule has 3 aromatic rings. The molecule has 0 N–H and O–H groups in total.